The number of ether oxygens (including phenoxy) is 1. The molecule has 1 rings (SSSR count). The van der Waals surface area contributed by atoms with Crippen LogP contribution in [0.15, 0.2) is 6.20 Å². The van der Waals surface area contributed by atoms with Crippen molar-refractivity contribution in [1.29, 1.82) is 0 Å². The summed E-state index contributed by atoms with van der Waals surface area (Å²) in [6, 6.07) is 0. The molecule has 0 aliphatic heterocycles. The molecule has 0 saturated carbocycles. The lowest BCUT2D eigenvalue weighted by molar-refractivity contribution is 0.125. The van der Waals surface area contributed by atoms with E-state index < -0.39 is 0 Å². The van der Waals surface area contributed by atoms with Crippen LogP contribution in [0.4, 0.5) is 5.69 Å². The van der Waals surface area contributed by atoms with E-state index in [-0.39, 0.29) is 10.9 Å². The van der Waals surface area contributed by atoms with Crippen LogP contribution in [0.5, 0.6) is 5.88 Å². The fraction of sp³-hybridized carbons (Fsp3) is 0.500. The van der Waals surface area contributed by atoms with E-state index >= 15 is 0 Å². The fourth-order valence-corrected chi connectivity index (χ4v) is 0.853. The number of nitrogens with two attached hydrogens (primary N) is 1. The summed E-state index contributed by atoms with van der Waals surface area (Å²) in [6.07, 6.45) is 1.43. The molecular weight excluding hydrogens is 190 g/mol. The highest BCUT2D eigenvalue weighted by Gasteiger charge is 2.15. The molecule has 5 heteroatoms. The van der Waals surface area contributed by atoms with Crippen LogP contribution in [0.1, 0.15) is 20.8 Å². The molecule has 13 heavy (non-hydrogen) atoms. The van der Waals surface area contributed by atoms with Crippen LogP contribution >= 0.6 is 11.6 Å². The summed E-state index contributed by atoms with van der Waals surface area (Å²) in [5, 5.41) is 0.133. The second kappa shape index (κ2) is 3.38. The Morgan fingerprint density at radius 2 is 2.08 bits per heavy atom. The van der Waals surface area contributed by atoms with Gasteiger partial charge in [0, 0.05) is 0 Å². The van der Waals surface area contributed by atoms with Crippen LogP contribution in [-0.4, -0.2) is 15.6 Å². The van der Waals surface area contributed by atoms with E-state index in [1.807, 2.05) is 20.8 Å². The summed E-state index contributed by atoms with van der Waals surface area (Å²) in [5.41, 5.74) is 5.63. The lowest BCUT2D eigenvalue weighted by atomic mass is 10.2. The SMILES string of the molecule is CC(C)(C)Oc1nc(Cl)ncc1N. The van der Waals surface area contributed by atoms with Gasteiger partial charge in [-0.05, 0) is 32.4 Å². The van der Waals surface area contributed by atoms with Gasteiger partial charge in [0.2, 0.25) is 11.2 Å². The van der Waals surface area contributed by atoms with Crippen molar-refractivity contribution in [2.45, 2.75) is 26.4 Å². The Bertz CT molecular complexity index is 309. The molecule has 1 aromatic rings. The maximum atomic E-state index is 5.59. The first-order valence-electron chi connectivity index (χ1n) is 3.85. The minimum absolute atomic E-state index is 0.133. The van der Waals surface area contributed by atoms with E-state index in [0.29, 0.717) is 11.6 Å². The molecule has 0 saturated heterocycles. The van der Waals surface area contributed by atoms with Crippen LogP contribution in [0.2, 0.25) is 5.28 Å². The van der Waals surface area contributed by atoms with Gasteiger partial charge in [0.25, 0.3) is 0 Å². The van der Waals surface area contributed by atoms with Gasteiger partial charge in [-0.15, -0.1) is 0 Å². The predicted octanol–water partition coefficient (Wildman–Crippen LogP) is 1.89. The zero-order chi connectivity index (χ0) is 10.1. The third kappa shape index (κ3) is 3.06. The third-order valence-corrected chi connectivity index (χ3v) is 1.34. The van der Waals surface area contributed by atoms with Gasteiger partial charge in [0.15, 0.2) is 0 Å². The highest BCUT2D eigenvalue weighted by molar-refractivity contribution is 6.28. The van der Waals surface area contributed by atoms with Gasteiger partial charge in [0.05, 0.1) is 6.20 Å². The Hall–Kier alpha value is -1.03. The molecule has 2 N–H and O–H groups in total. The van der Waals surface area contributed by atoms with E-state index in [4.69, 9.17) is 22.1 Å². The second-order valence-electron chi connectivity index (χ2n) is 3.61. The molecule has 0 fully saturated rings. The zero-order valence-electron chi connectivity index (χ0n) is 7.84. The molecular formula is C8H12ClN3O. The highest BCUT2D eigenvalue weighted by atomic mass is 35.5. The normalized spacial score (nSPS) is 11.4. The van der Waals surface area contributed by atoms with Gasteiger partial charge < -0.3 is 10.5 Å². The van der Waals surface area contributed by atoms with E-state index in [1.54, 1.807) is 0 Å². The molecule has 0 bridgehead atoms. The van der Waals surface area contributed by atoms with Crippen molar-refractivity contribution in [1.82, 2.24) is 9.97 Å². The maximum absolute atomic E-state index is 5.59. The van der Waals surface area contributed by atoms with Crippen LogP contribution in [0, 0.1) is 0 Å². The van der Waals surface area contributed by atoms with Gasteiger partial charge in [-0.1, -0.05) is 0 Å². The third-order valence-electron chi connectivity index (χ3n) is 1.15. The molecule has 1 heterocycles. The van der Waals surface area contributed by atoms with Gasteiger partial charge >= 0.3 is 0 Å². The van der Waals surface area contributed by atoms with Crippen LogP contribution in [0.3, 0.4) is 0 Å². The summed E-state index contributed by atoms with van der Waals surface area (Å²) in [5.74, 6) is 0.326. The van der Waals surface area contributed by atoms with Crippen molar-refractivity contribution in [2.24, 2.45) is 0 Å². The fourth-order valence-electron chi connectivity index (χ4n) is 0.727. The number of hydrogen-bond acceptors (Lipinski definition) is 4. The number of hydrogen-bond donors (Lipinski definition) is 1. The minimum atomic E-state index is -0.341. The number of halogens is 1. The van der Waals surface area contributed by atoms with Gasteiger partial charge in [-0.3, -0.25) is 0 Å². The quantitative estimate of drug-likeness (QED) is 0.705. The van der Waals surface area contributed by atoms with Gasteiger partial charge in [-0.2, -0.15) is 4.98 Å². The molecule has 0 unspecified atom stereocenters. The minimum Gasteiger partial charge on any atom is -0.470 e. The number of aromatic nitrogens is 2. The Morgan fingerprint density at radius 3 is 2.62 bits per heavy atom. The topological polar surface area (TPSA) is 61.0 Å². The first kappa shape index (κ1) is 10.1. The lowest BCUT2D eigenvalue weighted by Gasteiger charge is -2.20. The second-order valence-corrected chi connectivity index (χ2v) is 3.95. The Labute approximate surface area is 82.1 Å². The summed E-state index contributed by atoms with van der Waals surface area (Å²) in [6.45, 7) is 5.72. The van der Waals surface area contributed by atoms with E-state index in [2.05, 4.69) is 9.97 Å². The summed E-state index contributed by atoms with van der Waals surface area (Å²) in [4.78, 5) is 7.58. The monoisotopic (exact) mass is 201 g/mol. The summed E-state index contributed by atoms with van der Waals surface area (Å²) in [7, 11) is 0. The average molecular weight is 202 g/mol. The predicted molar refractivity (Wildman–Crippen MR) is 51.8 cm³/mol. The first-order valence-corrected chi connectivity index (χ1v) is 4.23. The van der Waals surface area contributed by atoms with E-state index in [0.717, 1.165) is 0 Å². The van der Waals surface area contributed by atoms with Crippen molar-refractivity contribution in [3.63, 3.8) is 0 Å². The van der Waals surface area contributed by atoms with E-state index in [1.165, 1.54) is 6.20 Å². The number of rotatable bonds is 1. The van der Waals surface area contributed by atoms with Crippen molar-refractivity contribution in [2.75, 3.05) is 5.73 Å². The van der Waals surface area contributed by atoms with Crippen molar-refractivity contribution in [3.8, 4) is 5.88 Å². The molecule has 0 aliphatic carbocycles. The Morgan fingerprint density at radius 1 is 1.46 bits per heavy atom. The Kier molecular flexibility index (Phi) is 2.61. The molecule has 0 aliphatic rings. The van der Waals surface area contributed by atoms with E-state index in [9.17, 15) is 0 Å². The first-order chi connectivity index (χ1) is 5.88. The van der Waals surface area contributed by atoms with Crippen LogP contribution in [-0.2, 0) is 0 Å². The molecule has 0 spiro atoms. The zero-order valence-corrected chi connectivity index (χ0v) is 8.59. The largest absolute Gasteiger partial charge is 0.470 e. The average Bonchev–Trinajstić information content (AvgIpc) is 1.94. The smallest absolute Gasteiger partial charge is 0.242 e. The molecule has 72 valence electrons. The number of nitrogens with zero attached hydrogens (tertiary/aromatic N) is 2. The number of nitrogen functional groups attached to an aromatic ring is 1. The maximum Gasteiger partial charge on any atom is 0.242 e. The van der Waals surface area contributed by atoms with Crippen LogP contribution in [0.25, 0.3) is 0 Å². The standard InChI is InChI=1S/C8H12ClN3O/c1-8(2,3)13-6-5(10)4-11-7(9)12-6/h4H,10H2,1-3H3. The Balaban J connectivity index is 2.94. The molecule has 0 aromatic carbocycles. The molecule has 0 atom stereocenters. The van der Waals surface area contributed by atoms with Crippen molar-refractivity contribution >= 4 is 17.3 Å². The highest BCUT2D eigenvalue weighted by Crippen LogP contribution is 2.22. The molecule has 0 amide bonds. The van der Waals surface area contributed by atoms with Gasteiger partial charge in [-0.25, -0.2) is 4.98 Å². The van der Waals surface area contributed by atoms with Crippen molar-refractivity contribution in [3.05, 3.63) is 11.5 Å². The lowest BCUT2D eigenvalue weighted by Crippen LogP contribution is -2.24. The number of anilines is 1. The van der Waals surface area contributed by atoms with Crippen molar-refractivity contribution < 1.29 is 4.74 Å². The summed E-state index contributed by atoms with van der Waals surface area (Å²) < 4.78 is 5.45. The molecule has 1 aromatic heterocycles. The van der Waals surface area contributed by atoms with Crippen LogP contribution < -0.4 is 10.5 Å². The summed E-state index contributed by atoms with van der Waals surface area (Å²) >= 11 is 5.59. The molecule has 4 nitrogen and oxygen atoms in total. The van der Waals surface area contributed by atoms with Gasteiger partial charge in [0.1, 0.15) is 11.3 Å². The molecule has 0 radical (unpaired) electrons.